The van der Waals surface area contributed by atoms with Crippen LogP contribution in [0.5, 0.6) is 0 Å². The van der Waals surface area contributed by atoms with Gasteiger partial charge < -0.3 is 4.74 Å². The van der Waals surface area contributed by atoms with Crippen molar-refractivity contribution >= 4 is 11.7 Å². The van der Waals surface area contributed by atoms with Crippen LogP contribution in [0.15, 0.2) is 28.6 Å². The lowest BCUT2D eigenvalue weighted by molar-refractivity contribution is -0.386. The van der Waals surface area contributed by atoms with Crippen LogP contribution in [0.2, 0.25) is 0 Å². The van der Waals surface area contributed by atoms with Crippen LogP contribution in [0.1, 0.15) is 19.0 Å². The largest absolute Gasteiger partial charge is 0.464 e. The minimum atomic E-state index is -5.95. The van der Waals surface area contributed by atoms with E-state index in [1.807, 2.05) is 0 Å². The van der Waals surface area contributed by atoms with Gasteiger partial charge in [-0.1, -0.05) is 0 Å². The molecule has 0 amide bonds. The van der Waals surface area contributed by atoms with E-state index in [2.05, 4.69) is 19.9 Å². The summed E-state index contributed by atoms with van der Waals surface area (Å²) >= 11 is 0. The molecule has 0 unspecified atom stereocenters. The Morgan fingerprint density at radius 2 is 2.08 bits per heavy atom. The first kappa shape index (κ1) is 19.6. The predicted molar refractivity (Wildman–Crippen MR) is 73.5 cm³/mol. The van der Waals surface area contributed by atoms with Gasteiger partial charge in [-0.3, -0.25) is 15.1 Å². The van der Waals surface area contributed by atoms with Crippen molar-refractivity contribution < 1.29 is 36.4 Å². The quantitative estimate of drug-likeness (QED) is 0.336. The van der Waals surface area contributed by atoms with Gasteiger partial charge in [0.05, 0.1) is 11.5 Å². The van der Waals surface area contributed by atoms with Gasteiger partial charge in [-0.25, -0.2) is 4.79 Å². The summed E-state index contributed by atoms with van der Waals surface area (Å²) < 4.78 is 69.7. The van der Waals surface area contributed by atoms with Crippen molar-refractivity contribution in [3.05, 3.63) is 34.1 Å². The molecule has 1 aromatic rings. The van der Waals surface area contributed by atoms with Gasteiger partial charge in [0.15, 0.2) is 5.69 Å². The predicted octanol–water partition coefficient (Wildman–Crippen LogP) is 3.17. The van der Waals surface area contributed by atoms with Crippen LogP contribution in [0, 0.1) is 10.1 Å². The molecule has 2 atom stereocenters. The number of carbonyl (C=O) groups excluding carboxylic acids is 1. The molecule has 0 saturated heterocycles. The van der Waals surface area contributed by atoms with E-state index in [0.717, 1.165) is 18.3 Å². The van der Waals surface area contributed by atoms with Crippen molar-refractivity contribution in [3.8, 4) is 0 Å². The molecule has 142 valence electrons. The number of esters is 1. The standard InChI is InChI=1S/C13H11F5N4O4/c1-2-26-10(23)11(9-7(22(24)25)4-3-5-19-9)6-8(20-21-11)12(14,15)13(16,17)18/h3-5,8H,2,6H2,1H3/t8-,11-/m1/s1. The molecular formula is C13H11F5N4O4. The number of rotatable bonds is 5. The number of halogens is 5. The van der Waals surface area contributed by atoms with Crippen LogP contribution < -0.4 is 0 Å². The summed E-state index contributed by atoms with van der Waals surface area (Å²) in [5.41, 5.74) is -4.07. The van der Waals surface area contributed by atoms with Gasteiger partial charge in [0.1, 0.15) is 6.04 Å². The highest BCUT2D eigenvalue weighted by Crippen LogP contribution is 2.49. The van der Waals surface area contributed by atoms with Gasteiger partial charge >= 0.3 is 18.1 Å². The highest BCUT2D eigenvalue weighted by molar-refractivity contribution is 5.84. The molecule has 0 radical (unpaired) electrons. The second-order valence-electron chi connectivity index (χ2n) is 5.27. The van der Waals surface area contributed by atoms with Crippen molar-refractivity contribution in [1.29, 1.82) is 0 Å². The zero-order valence-electron chi connectivity index (χ0n) is 13.0. The normalized spacial score (nSPS) is 23.1. The summed E-state index contributed by atoms with van der Waals surface area (Å²) in [6, 6.07) is -0.712. The van der Waals surface area contributed by atoms with Crippen molar-refractivity contribution in [1.82, 2.24) is 4.98 Å². The van der Waals surface area contributed by atoms with Crippen LogP contribution in [-0.2, 0) is 15.1 Å². The highest BCUT2D eigenvalue weighted by atomic mass is 19.4. The molecule has 26 heavy (non-hydrogen) atoms. The lowest BCUT2D eigenvalue weighted by Gasteiger charge is -2.26. The second-order valence-corrected chi connectivity index (χ2v) is 5.27. The number of pyridine rings is 1. The van der Waals surface area contributed by atoms with Gasteiger partial charge in [0, 0.05) is 18.7 Å². The molecule has 0 N–H and O–H groups in total. The van der Waals surface area contributed by atoms with Crippen LogP contribution in [-0.4, -0.2) is 40.6 Å². The number of nitrogens with zero attached hydrogens (tertiary/aromatic N) is 4. The number of alkyl halides is 5. The van der Waals surface area contributed by atoms with E-state index >= 15 is 0 Å². The fourth-order valence-corrected chi connectivity index (χ4v) is 2.40. The van der Waals surface area contributed by atoms with E-state index in [9.17, 15) is 36.9 Å². The third kappa shape index (κ3) is 3.08. The SMILES string of the molecule is CCOC(=O)[C@]1(c2ncccc2[N+](=O)[O-])C[C@H](C(F)(F)C(F)(F)F)N=N1. The zero-order chi connectivity index (χ0) is 19.8. The second kappa shape index (κ2) is 6.53. The number of aromatic nitrogens is 1. The first-order valence-corrected chi connectivity index (χ1v) is 7.11. The minimum absolute atomic E-state index is 0.267. The van der Waals surface area contributed by atoms with E-state index < -0.39 is 52.4 Å². The molecule has 1 aromatic heterocycles. The number of ether oxygens (including phenoxy) is 1. The summed E-state index contributed by atoms with van der Waals surface area (Å²) in [6.45, 7) is 1.09. The molecule has 0 saturated carbocycles. The van der Waals surface area contributed by atoms with E-state index in [0.29, 0.717) is 0 Å². The van der Waals surface area contributed by atoms with Crippen molar-refractivity contribution in [2.45, 2.75) is 37.0 Å². The molecule has 1 aliphatic heterocycles. The van der Waals surface area contributed by atoms with Gasteiger partial charge in [0.25, 0.3) is 5.69 Å². The Labute approximate surface area is 142 Å². The number of hydrogen-bond donors (Lipinski definition) is 0. The van der Waals surface area contributed by atoms with Gasteiger partial charge in [0.2, 0.25) is 5.54 Å². The fraction of sp³-hybridized carbons (Fsp3) is 0.538. The monoisotopic (exact) mass is 382 g/mol. The van der Waals surface area contributed by atoms with Crippen LogP contribution in [0.25, 0.3) is 0 Å². The summed E-state index contributed by atoms with van der Waals surface area (Å²) in [7, 11) is 0. The summed E-state index contributed by atoms with van der Waals surface area (Å²) in [5, 5.41) is 17.3. The number of azo groups is 1. The minimum Gasteiger partial charge on any atom is -0.464 e. The molecule has 8 nitrogen and oxygen atoms in total. The van der Waals surface area contributed by atoms with E-state index in [1.54, 1.807) is 0 Å². The number of nitro groups is 1. The fourth-order valence-electron chi connectivity index (χ4n) is 2.40. The van der Waals surface area contributed by atoms with Gasteiger partial charge in [-0.2, -0.15) is 32.2 Å². The summed E-state index contributed by atoms with van der Waals surface area (Å²) in [5.74, 6) is -6.65. The molecular weight excluding hydrogens is 371 g/mol. The van der Waals surface area contributed by atoms with Gasteiger partial charge in [-0.05, 0) is 13.0 Å². The van der Waals surface area contributed by atoms with Crippen LogP contribution in [0.4, 0.5) is 27.6 Å². The Kier molecular flexibility index (Phi) is 4.92. The van der Waals surface area contributed by atoms with Crippen molar-refractivity contribution in [3.63, 3.8) is 0 Å². The van der Waals surface area contributed by atoms with Gasteiger partial charge in [-0.15, -0.1) is 0 Å². The maximum Gasteiger partial charge on any atom is 0.455 e. The Morgan fingerprint density at radius 3 is 2.62 bits per heavy atom. The third-order valence-corrected chi connectivity index (χ3v) is 3.64. The smallest absolute Gasteiger partial charge is 0.455 e. The lowest BCUT2D eigenvalue weighted by Crippen LogP contribution is -2.48. The van der Waals surface area contributed by atoms with E-state index in [1.165, 1.54) is 6.92 Å². The Morgan fingerprint density at radius 1 is 1.42 bits per heavy atom. The van der Waals surface area contributed by atoms with Crippen molar-refractivity contribution in [2.75, 3.05) is 6.61 Å². The summed E-state index contributed by atoms with van der Waals surface area (Å²) in [4.78, 5) is 26.1. The highest BCUT2D eigenvalue weighted by Gasteiger charge is 2.67. The summed E-state index contributed by atoms with van der Waals surface area (Å²) in [6.07, 6.45) is -6.22. The topological polar surface area (TPSA) is 107 Å². The van der Waals surface area contributed by atoms with Crippen molar-refractivity contribution in [2.24, 2.45) is 10.2 Å². The molecule has 1 aliphatic rings. The molecule has 0 fully saturated rings. The van der Waals surface area contributed by atoms with Crippen LogP contribution in [0.3, 0.4) is 0 Å². The average Bonchev–Trinajstić information content (AvgIpc) is 3.01. The molecule has 0 aromatic carbocycles. The zero-order valence-corrected chi connectivity index (χ0v) is 13.0. The average molecular weight is 382 g/mol. The molecule has 0 spiro atoms. The molecule has 0 aliphatic carbocycles. The molecule has 2 rings (SSSR count). The Hall–Kier alpha value is -2.73. The Bertz CT molecular complexity index is 754. The maximum absolute atomic E-state index is 13.6. The number of hydrogen-bond acceptors (Lipinski definition) is 7. The van der Waals surface area contributed by atoms with E-state index in [-0.39, 0.29) is 6.61 Å². The molecule has 13 heteroatoms. The molecule has 0 bridgehead atoms. The Balaban J connectivity index is 2.57. The number of carbonyl (C=O) groups is 1. The maximum atomic E-state index is 13.6. The first-order valence-electron chi connectivity index (χ1n) is 7.11. The molecule has 2 heterocycles. The van der Waals surface area contributed by atoms with E-state index in [4.69, 9.17) is 0 Å². The third-order valence-electron chi connectivity index (χ3n) is 3.64. The lowest BCUT2D eigenvalue weighted by atomic mass is 9.86. The first-order chi connectivity index (χ1) is 12.0. The van der Waals surface area contributed by atoms with Crippen LogP contribution >= 0.6 is 0 Å².